The summed E-state index contributed by atoms with van der Waals surface area (Å²) in [5.74, 6) is -3.65. The van der Waals surface area contributed by atoms with Crippen molar-refractivity contribution in [1.82, 2.24) is 9.80 Å². The summed E-state index contributed by atoms with van der Waals surface area (Å²) in [6, 6.07) is 20.7. The number of piperidine rings is 1. The molecule has 2 aliphatic rings. The van der Waals surface area contributed by atoms with Crippen molar-refractivity contribution in [3.8, 4) is 0 Å². The number of aryl methyl sites for hydroxylation is 1. The van der Waals surface area contributed by atoms with Gasteiger partial charge in [0.2, 0.25) is 0 Å². The number of hydrogen-bond acceptors (Lipinski definition) is 5. The van der Waals surface area contributed by atoms with Crippen LogP contribution in [0.1, 0.15) is 24.0 Å². The molecule has 0 radical (unpaired) electrons. The van der Waals surface area contributed by atoms with Gasteiger partial charge >= 0.3 is 11.9 Å². The molecule has 2 fully saturated rings. The molecule has 0 aromatic heterocycles. The predicted molar refractivity (Wildman–Crippen MR) is 125 cm³/mol. The van der Waals surface area contributed by atoms with Gasteiger partial charge in [-0.05, 0) is 50.6 Å². The monoisotopic (exact) mass is 439 g/mol. The number of para-hydroxylation sites is 1. The fourth-order valence-electron chi connectivity index (χ4n) is 4.38. The molecule has 2 saturated heterocycles. The van der Waals surface area contributed by atoms with Crippen molar-refractivity contribution in [3.05, 3.63) is 65.7 Å². The van der Waals surface area contributed by atoms with Crippen LogP contribution in [-0.4, -0.2) is 77.3 Å². The first kappa shape index (κ1) is 23.8. The summed E-state index contributed by atoms with van der Waals surface area (Å²) in [5, 5.41) is 14.8. The summed E-state index contributed by atoms with van der Waals surface area (Å²) < 4.78 is 0. The van der Waals surface area contributed by atoms with Crippen LogP contribution in [0.2, 0.25) is 0 Å². The molecule has 4 rings (SSSR count). The van der Waals surface area contributed by atoms with Gasteiger partial charge in [-0.2, -0.15) is 0 Å². The number of carboxylic acid groups (broad SMARTS) is 2. The minimum absolute atomic E-state index is 0.780. The fraction of sp³-hybridized carbons (Fsp3) is 0.440. The third-order valence-electron chi connectivity index (χ3n) is 6.22. The number of likely N-dealkylation sites (tertiary alicyclic amines) is 1. The smallest absolute Gasteiger partial charge is 0.414 e. The van der Waals surface area contributed by atoms with Gasteiger partial charge in [-0.3, -0.25) is 9.80 Å². The molecule has 0 saturated carbocycles. The van der Waals surface area contributed by atoms with E-state index < -0.39 is 11.9 Å². The van der Waals surface area contributed by atoms with Gasteiger partial charge in [-0.15, -0.1) is 0 Å². The summed E-state index contributed by atoms with van der Waals surface area (Å²) in [6.45, 7) is 10.5. The van der Waals surface area contributed by atoms with Crippen LogP contribution in [0.25, 0.3) is 0 Å². The second-order valence-corrected chi connectivity index (χ2v) is 8.46. The van der Waals surface area contributed by atoms with Gasteiger partial charge in [0.1, 0.15) is 0 Å². The largest absolute Gasteiger partial charge is 0.473 e. The summed E-state index contributed by atoms with van der Waals surface area (Å²) in [4.78, 5) is 26.1. The average molecular weight is 440 g/mol. The Kier molecular flexibility index (Phi) is 8.64. The number of hydrogen-bond donors (Lipinski definition) is 2. The molecule has 172 valence electrons. The summed E-state index contributed by atoms with van der Waals surface area (Å²) in [6.07, 6.45) is 2.63. The third-order valence-corrected chi connectivity index (χ3v) is 6.22. The molecule has 0 unspecified atom stereocenters. The third kappa shape index (κ3) is 7.07. The number of anilines is 1. The zero-order valence-corrected chi connectivity index (χ0v) is 18.7. The first-order valence-corrected chi connectivity index (χ1v) is 11.2. The van der Waals surface area contributed by atoms with Gasteiger partial charge in [0.05, 0.1) is 0 Å². The van der Waals surface area contributed by atoms with Crippen molar-refractivity contribution < 1.29 is 19.8 Å². The molecule has 2 aliphatic heterocycles. The normalized spacial score (nSPS) is 18.0. The van der Waals surface area contributed by atoms with E-state index in [-0.39, 0.29) is 0 Å². The maximum Gasteiger partial charge on any atom is 0.414 e. The van der Waals surface area contributed by atoms with Gasteiger partial charge in [0.15, 0.2) is 0 Å². The first-order chi connectivity index (χ1) is 15.4. The Morgan fingerprint density at radius 2 is 1.38 bits per heavy atom. The van der Waals surface area contributed by atoms with Crippen molar-refractivity contribution in [1.29, 1.82) is 0 Å². The number of nitrogens with zero attached hydrogens (tertiary/aromatic N) is 3. The van der Waals surface area contributed by atoms with Crippen LogP contribution in [0.15, 0.2) is 54.6 Å². The molecule has 2 heterocycles. The van der Waals surface area contributed by atoms with Crippen LogP contribution >= 0.6 is 0 Å². The van der Waals surface area contributed by atoms with Crippen LogP contribution in [0.4, 0.5) is 5.69 Å². The second-order valence-electron chi connectivity index (χ2n) is 8.46. The lowest BCUT2D eigenvalue weighted by molar-refractivity contribution is -0.159. The minimum Gasteiger partial charge on any atom is -0.473 e. The molecule has 0 spiro atoms. The summed E-state index contributed by atoms with van der Waals surface area (Å²) >= 11 is 0. The number of benzene rings is 2. The highest BCUT2D eigenvalue weighted by Gasteiger charge is 2.27. The van der Waals surface area contributed by atoms with E-state index >= 15 is 0 Å². The fourth-order valence-corrected chi connectivity index (χ4v) is 4.38. The van der Waals surface area contributed by atoms with Gasteiger partial charge in [0, 0.05) is 44.5 Å². The lowest BCUT2D eigenvalue weighted by Crippen LogP contribution is -2.53. The number of rotatable bonds is 4. The maximum atomic E-state index is 9.10. The van der Waals surface area contributed by atoms with E-state index in [1.807, 2.05) is 0 Å². The highest BCUT2D eigenvalue weighted by molar-refractivity contribution is 6.27. The van der Waals surface area contributed by atoms with Crippen molar-refractivity contribution in [2.45, 2.75) is 32.4 Å². The highest BCUT2D eigenvalue weighted by atomic mass is 16.4. The Bertz CT molecular complexity index is 845. The van der Waals surface area contributed by atoms with Crippen LogP contribution in [0.3, 0.4) is 0 Å². The van der Waals surface area contributed by atoms with Crippen molar-refractivity contribution >= 4 is 17.6 Å². The van der Waals surface area contributed by atoms with Crippen LogP contribution in [0, 0.1) is 6.92 Å². The van der Waals surface area contributed by atoms with Gasteiger partial charge in [-0.25, -0.2) is 9.59 Å². The quantitative estimate of drug-likeness (QED) is 0.709. The second kappa shape index (κ2) is 11.6. The molecule has 2 N–H and O–H groups in total. The maximum absolute atomic E-state index is 9.10. The van der Waals surface area contributed by atoms with Crippen molar-refractivity contribution in [2.24, 2.45) is 0 Å². The topological polar surface area (TPSA) is 84.3 Å². The van der Waals surface area contributed by atoms with Crippen LogP contribution in [-0.2, 0) is 16.1 Å². The van der Waals surface area contributed by atoms with Gasteiger partial charge in [-0.1, -0.05) is 48.0 Å². The zero-order valence-electron chi connectivity index (χ0n) is 18.7. The Labute approximate surface area is 189 Å². The van der Waals surface area contributed by atoms with Gasteiger partial charge < -0.3 is 15.1 Å². The first-order valence-electron chi connectivity index (χ1n) is 11.2. The Hall–Kier alpha value is -2.90. The van der Waals surface area contributed by atoms with E-state index in [2.05, 4.69) is 76.2 Å². The minimum atomic E-state index is -1.82. The molecule has 32 heavy (non-hydrogen) atoms. The molecular formula is C25H33N3O4. The number of carbonyl (C=O) groups is 2. The number of aliphatic carboxylic acids is 2. The van der Waals surface area contributed by atoms with E-state index in [9.17, 15) is 0 Å². The predicted octanol–water partition coefficient (Wildman–Crippen LogP) is 2.94. The molecule has 0 bridgehead atoms. The zero-order chi connectivity index (χ0) is 22.9. The molecule has 7 heteroatoms. The molecule has 2 aromatic carbocycles. The molecular weight excluding hydrogens is 406 g/mol. The van der Waals surface area contributed by atoms with E-state index in [4.69, 9.17) is 19.8 Å². The molecule has 0 atom stereocenters. The standard InChI is InChI=1S/C23H31N3.C2H2O4/c1-20-7-9-21(10-8-20)19-24-13-11-23(12-14-24)26-17-15-25(16-18-26)22-5-3-2-4-6-22;3-1(4)2(5)6/h2-10,23H,11-19H2,1H3;(H,3,4)(H,5,6). The Morgan fingerprint density at radius 3 is 1.91 bits per heavy atom. The molecule has 0 amide bonds. The Morgan fingerprint density at radius 1 is 0.812 bits per heavy atom. The molecule has 7 nitrogen and oxygen atoms in total. The lowest BCUT2D eigenvalue weighted by atomic mass is 10.0. The van der Waals surface area contributed by atoms with Crippen molar-refractivity contribution in [3.63, 3.8) is 0 Å². The Balaban J connectivity index is 0.000000427. The molecule has 2 aromatic rings. The lowest BCUT2D eigenvalue weighted by Gasteiger charge is -2.43. The van der Waals surface area contributed by atoms with Crippen LogP contribution < -0.4 is 4.90 Å². The van der Waals surface area contributed by atoms with E-state index in [0.717, 1.165) is 25.7 Å². The number of piperazine rings is 1. The van der Waals surface area contributed by atoms with E-state index in [1.165, 1.54) is 55.8 Å². The van der Waals surface area contributed by atoms with E-state index in [1.54, 1.807) is 0 Å². The van der Waals surface area contributed by atoms with Crippen LogP contribution in [0.5, 0.6) is 0 Å². The summed E-state index contributed by atoms with van der Waals surface area (Å²) in [5.41, 5.74) is 4.17. The summed E-state index contributed by atoms with van der Waals surface area (Å²) in [7, 11) is 0. The van der Waals surface area contributed by atoms with Gasteiger partial charge in [0.25, 0.3) is 0 Å². The van der Waals surface area contributed by atoms with E-state index in [0.29, 0.717) is 0 Å². The SMILES string of the molecule is Cc1ccc(CN2CCC(N3CCN(c4ccccc4)CC3)CC2)cc1.O=C(O)C(=O)O. The highest BCUT2D eigenvalue weighted by Crippen LogP contribution is 2.22. The number of carboxylic acids is 2. The van der Waals surface area contributed by atoms with Crippen molar-refractivity contribution in [2.75, 3.05) is 44.2 Å². The average Bonchev–Trinajstić information content (AvgIpc) is 2.82. The molecule has 0 aliphatic carbocycles.